The molecule has 1 N–H and O–H groups in total. The summed E-state index contributed by atoms with van der Waals surface area (Å²) in [5.74, 6) is -0.525. The van der Waals surface area contributed by atoms with E-state index in [2.05, 4.69) is 10.5 Å². The van der Waals surface area contributed by atoms with Crippen molar-refractivity contribution < 1.29 is 4.79 Å². The fraction of sp³-hybridized carbons (Fsp3) is 0.136. The Morgan fingerprint density at radius 2 is 1.78 bits per heavy atom. The molecule has 0 fully saturated rings. The van der Waals surface area contributed by atoms with Crippen molar-refractivity contribution in [3.63, 3.8) is 0 Å². The zero-order chi connectivity index (χ0) is 19.2. The van der Waals surface area contributed by atoms with Crippen molar-refractivity contribution in [1.29, 1.82) is 0 Å². The van der Waals surface area contributed by atoms with Crippen molar-refractivity contribution in [1.82, 2.24) is 9.99 Å². The van der Waals surface area contributed by atoms with Crippen LogP contribution in [0.2, 0.25) is 0 Å². The molecule has 0 bridgehead atoms. The lowest BCUT2D eigenvalue weighted by atomic mass is 10.1. The number of carbonyl (C=O) groups is 1. The Hall–Kier alpha value is -3.47. The van der Waals surface area contributed by atoms with Crippen molar-refractivity contribution in [2.24, 2.45) is 5.10 Å². The predicted molar refractivity (Wildman–Crippen MR) is 107 cm³/mol. The molecule has 1 amide bonds. The molecule has 3 rings (SSSR count). The summed E-state index contributed by atoms with van der Waals surface area (Å²) in [6, 6.07) is 18.8. The number of hydrogen-bond acceptors (Lipinski definition) is 3. The van der Waals surface area contributed by atoms with Crippen LogP contribution in [0, 0.1) is 13.8 Å². The van der Waals surface area contributed by atoms with Gasteiger partial charge in [-0.2, -0.15) is 5.10 Å². The number of nitrogens with one attached hydrogen (secondary N) is 1. The first-order chi connectivity index (χ1) is 13.0. The van der Waals surface area contributed by atoms with Crippen LogP contribution in [0.15, 0.2) is 76.8 Å². The average Bonchev–Trinajstić information content (AvgIpc) is 2.66. The first-order valence-electron chi connectivity index (χ1n) is 8.68. The van der Waals surface area contributed by atoms with E-state index in [4.69, 9.17) is 0 Å². The third-order valence-electron chi connectivity index (χ3n) is 4.30. The van der Waals surface area contributed by atoms with Crippen molar-refractivity contribution in [3.8, 4) is 0 Å². The third kappa shape index (κ3) is 4.58. The maximum atomic E-state index is 12.6. The molecule has 0 unspecified atom stereocenters. The van der Waals surface area contributed by atoms with Gasteiger partial charge in [0, 0.05) is 6.20 Å². The first kappa shape index (κ1) is 18.3. The quantitative estimate of drug-likeness (QED) is 0.561. The molecule has 1 heterocycles. The molecule has 0 aliphatic rings. The van der Waals surface area contributed by atoms with E-state index >= 15 is 0 Å². The summed E-state index contributed by atoms with van der Waals surface area (Å²) in [5.41, 5.74) is 6.26. The number of aryl methyl sites for hydroxylation is 2. The highest BCUT2D eigenvalue weighted by molar-refractivity contribution is 5.94. The second-order valence-corrected chi connectivity index (χ2v) is 6.40. The molecule has 5 heteroatoms. The van der Waals surface area contributed by atoms with Crippen LogP contribution in [0.4, 0.5) is 0 Å². The van der Waals surface area contributed by atoms with Gasteiger partial charge in [-0.05, 0) is 42.7 Å². The van der Waals surface area contributed by atoms with Crippen molar-refractivity contribution in [3.05, 3.63) is 105 Å². The first-order valence-corrected chi connectivity index (χ1v) is 8.68. The number of aromatic nitrogens is 1. The van der Waals surface area contributed by atoms with Gasteiger partial charge in [-0.15, -0.1) is 0 Å². The minimum atomic E-state index is -0.525. The Morgan fingerprint density at radius 1 is 1.04 bits per heavy atom. The summed E-state index contributed by atoms with van der Waals surface area (Å²) in [5, 5.41) is 3.97. The lowest BCUT2D eigenvalue weighted by Gasteiger charge is -2.08. The highest BCUT2D eigenvalue weighted by atomic mass is 16.2. The topological polar surface area (TPSA) is 63.5 Å². The summed E-state index contributed by atoms with van der Waals surface area (Å²) in [4.78, 5) is 25.0. The maximum absolute atomic E-state index is 12.6. The molecular formula is C22H21N3O2. The second kappa shape index (κ2) is 8.27. The zero-order valence-electron chi connectivity index (χ0n) is 15.3. The Labute approximate surface area is 158 Å². The third-order valence-corrected chi connectivity index (χ3v) is 4.30. The molecule has 0 saturated carbocycles. The maximum Gasteiger partial charge on any atom is 0.276 e. The second-order valence-electron chi connectivity index (χ2n) is 6.40. The lowest BCUT2D eigenvalue weighted by Crippen LogP contribution is -2.30. The van der Waals surface area contributed by atoms with Gasteiger partial charge < -0.3 is 4.57 Å². The SMILES string of the molecule is Cc1ccc(Cn2cccc(C(=O)N/N=C\c3ccccc3C)c2=O)cc1. The van der Waals surface area contributed by atoms with Crippen LogP contribution in [0.5, 0.6) is 0 Å². The highest BCUT2D eigenvalue weighted by Crippen LogP contribution is 2.05. The molecule has 27 heavy (non-hydrogen) atoms. The van der Waals surface area contributed by atoms with E-state index < -0.39 is 5.91 Å². The van der Waals surface area contributed by atoms with Gasteiger partial charge in [-0.3, -0.25) is 9.59 Å². The van der Waals surface area contributed by atoms with E-state index in [1.165, 1.54) is 10.6 Å². The minimum Gasteiger partial charge on any atom is -0.310 e. The molecule has 0 aliphatic heterocycles. The lowest BCUT2D eigenvalue weighted by molar-refractivity contribution is 0.0953. The number of hydrazone groups is 1. The van der Waals surface area contributed by atoms with Gasteiger partial charge in [0.1, 0.15) is 5.56 Å². The zero-order valence-corrected chi connectivity index (χ0v) is 15.3. The van der Waals surface area contributed by atoms with E-state index in [1.807, 2.05) is 62.4 Å². The molecule has 0 saturated heterocycles. The molecule has 3 aromatic rings. The monoisotopic (exact) mass is 359 g/mol. The number of amides is 1. The highest BCUT2D eigenvalue weighted by Gasteiger charge is 2.11. The summed E-state index contributed by atoms with van der Waals surface area (Å²) < 4.78 is 1.52. The molecule has 0 spiro atoms. The van der Waals surface area contributed by atoms with Crippen LogP contribution in [0.3, 0.4) is 0 Å². The Morgan fingerprint density at radius 3 is 2.52 bits per heavy atom. The van der Waals surface area contributed by atoms with Crippen LogP contribution in [0.25, 0.3) is 0 Å². The summed E-state index contributed by atoms with van der Waals surface area (Å²) in [6.07, 6.45) is 3.25. The van der Waals surface area contributed by atoms with Gasteiger partial charge in [0.05, 0.1) is 12.8 Å². The minimum absolute atomic E-state index is 0.0616. The summed E-state index contributed by atoms with van der Waals surface area (Å²) in [7, 11) is 0. The predicted octanol–water partition coefficient (Wildman–Crippen LogP) is 3.28. The molecule has 0 aliphatic carbocycles. The van der Waals surface area contributed by atoms with Crippen molar-refractivity contribution >= 4 is 12.1 Å². The molecule has 136 valence electrons. The van der Waals surface area contributed by atoms with E-state index in [1.54, 1.807) is 18.5 Å². The van der Waals surface area contributed by atoms with Gasteiger partial charge in [0.25, 0.3) is 11.5 Å². The Bertz CT molecular complexity index is 1030. The van der Waals surface area contributed by atoms with Gasteiger partial charge in [0.15, 0.2) is 0 Å². The molecule has 1 aromatic heterocycles. The number of nitrogens with zero attached hydrogens (tertiary/aromatic N) is 2. The molecule has 0 radical (unpaired) electrons. The number of pyridine rings is 1. The molecule has 0 atom stereocenters. The van der Waals surface area contributed by atoms with Crippen molar-refractivity contribution in [2.75, 3.05) is 0 Å². The standard InChI is InChI=1S/C22H21N3O2/c1-16-9-11-18(12-10-16)15-25-13-5-8-20(22(25)27)21(26)24-23-14-19-7-4-3-6-17(19)2/h3-14H,15H2,1-2H3,(H,24,26)/b23-14-. The number of benzene rings is 2. The van der Waals surface area contributed by atoms with Crippen molar-refractivity contribution in [2.45, 2.75) is 20.4 Å². The Balaban J connectivity index is 1.74. The van der Waals surface area contributed by atoms with Crippen LogP contribution in [-0.4, -0.2) is 16.7 Å². The number of hydrogen-bond donors (Lipinski definition) is 1. The fourth-order valence-corrected chi connectivity index (χ4v) is 2.68. The normalized spacial score (nSPS) is 10.9. The van der Waals surface area contributed by atoms with Crippen LogP contribution >= 0.6 is 0 Å². The number of rotatable bonds is 5. The molecule has 5 nitrogen and oxygen atoms in total. The summed E-state index contributed by atoms with van der Waals surface area (Å²) in [6.45, 7) is 4.38. The molecular weight excluding hydrogens is 338 g/mol. The smallest absolute Gasteiger partial charge is 0.276 e. The number of carbonyl (C=O) groups excluding carboxylic acids is 1. The summed E-state index contributed by atoms with van der Waals surface area (Å²) >= 11 is 0. The average molecular weight is 359 g/mol. The fourth-order valence-electron chi connectivity index (χ4n) is 2.68. The van der Waals surface area contributed by atoms with E-state index in [-0.39, 0.29) is 11.1 Å². The van der Waals surface area contributed by atoms with Gasteiger partial charge in [0.2, 0.25) is 0 Å². The van der Waals surface area contributed by atoms with Gasteiger partial charge in [-0.25, -0.2) is 5.43 Å². The Kier molecular flexibility index (Phi) is 5.61. The largest absolute Gasteiger partial charge is 0.310 e. The van der Waals surface area contributed by atoms with Crippen LogP contribution < -0.4 is 11.0 Å². The van der Waals surface area contributed by atoms with Crippen LogP contribution in [-0.2, 0) is 6.54 Å². The van der Waals surface area contributed by atoms with Crippen LogP contribution in [0.1, 0.15) is 32.6 Å². The van der Waals surface area contributed by atoms with E-state index in [0.29, 0.717) is 6.54 Å². The van der Waals surface area contributed by atoms with Gasteiger partial charge >= 0.3 is 0 Å². The van der Waals surface area contributed by atoms with E-state index in [0.717, 1.165) is 22.3 Å². The van der Waals surface area contributed by atoms with Gasteiger partial charge in [-0.1, -0.05) is 54.1 Å². The van der Waals surface area contributed by atoms with E-state index in [9.17, 15) is 9.59 Å². The molecule has 2 aromatic carbocycles.